The van der Waals surface area contributed by atoms with Gasteiger partial charge in [0.15, 0.2) is 0 Å². The van der Waals surface area contributed by atoms with Gasteiger partial charge in [0.2, 0.25) is 0 Å². The Labute approximate surface area is 162 Å². The molecular weight excluding hydrogens is 346 g/mol. The van der Waals surface area contributed by atoms with Crippen molar-refractivity contribution in [1.29, 1.82) is 0 Å². The summed E-state index contributed by atoms with van der Waals surface area (Å²) in [5.41, 5.74) is 1.13. The molecular formula is C21H35NO3S. The topological polar surface area (TPSA) is 61.4 Å². The van der Waals surface area contributed by atoms with E-state index in [-0.39, 0.29) is 16.8 Å². The van der Waals surface area contributed by atoms with Gasteiger partial charge in [0.05, 0.1) is 17.2 Å². The van der Waals surface area contributed by atoms with Crippen molar-refractivity contribution >= 4 is 17.3 Å². The van der Waals surface area contributed by atoms with Gasteiger partial charge in [-0.2, -0.15) is 0 Å². The third-order valence-electron chi connectivity index (χ3n) is 4.20. The van der Waals surface area contributed by atoms with Crippen molar-refractivity contribution in [1.82, 2.24) is 4.72 Å². The van der Waals surface area contributed by atoms with Gasteiger partial charge in [0, 0.05) is 11.4 Å². The van der Waals surface area contributed by atoms with Crippen LogP contribution in [0.3, 0.4) is 0 Å². The van der Waals surface area contributed by atoms with Crippen LogP contribution in [-0.2, 0) is 21.6 Å². The first kappa shape index (κ1) is 23.0. The molecule has 0 aliphatic heterocycles. The lowest BCUT2D eigenvalue weighted by Gasteiger charge is -2.36. The summed E-state index contributed by atoms with van der Waals surface area (Å²) in [6, 6.07) is 7.44. The van der Waals surface area contributed by atoms with E-state index in [1.807, 2.05) is 46.8 Å². The van der Waals surface area contributed by atoms with Gasteiger partial charge in [-0.3, -0.25) is 0 Å². The molecule has 0 bridgehead atoms. The van der Waals surface area contributed by atoms with Gasteiger partial charge in [-0.05, 0) is 78.0 Å². The lowest BCUT2D eigenvalue weighted by Crippen LogP contribution is -2.50. The van der Waals surface area contributed by atoms with Crippen molar-refractivity contribution < 1.29 is 14.1 Å². The molecule has 5 heteroatoms. The zero-order valence-corrected chi connectivity index (χ0v) is 18.3. The standard InChI is InChI=1S/C21H35NO3S/c1-15(2)13-14-21(8,22-26(24)20(5,6)7)18-11-9-17(10-12-18)19(23)25-16(3)4/h9-12,15-16,22H,13-14H2,1-8H3/t21-,26?/m1/s1. The number of benzene rings is 1. The van der Waals surface area contributed by atoms with Crippen LogP contribution >= 0.6 is 0 Å². The molecule has 26 heavy (non-hydrogen) atoms. The minimum atomic E-state index is -1.19. The Morgan fingerprint density at radius 3 is 2.08 bits per heavy atom. The molecule has 0 radical (unpaired) electrons. The monoisotopic (exact) mass is 381 g/mol. The summed E-state index contributed by atoms with van der Waals surface area (Å²) in [5, 5.41) is 0. The van der Waals surface area contributed by atoms with Crippen molar-refractivity contribution in [3.05, 3.63) is 35.4 Å². The molecule has 1 aromatic rings. The number of hydrogen-bond donors (Lipinski definition) is 1. The third kappa shape index (κ3) is 6.93. The Balaban J connectivity index is 3.08. The van der Waals surface area contributed by atoms with Gasteiger partial charge < -0.3 is 9.29 Å². The number of esters is 1. The van der Waals surface area contributed by atoms with E-state index >= 15 is 0 Å². The van der Waals surface area contributed by atoms with Crippen molar-refractivity contribution in [2.75, 3.05) is 0 Å². The molecule has 2 atom stereocenters. The highest BCUT2D eigenvalue weighted by Gasteiger charge is 2.37. The van der Waals surface area contributed by atoms with Crippen LogP contribution in [0, 0.1) is 5.92 Å². The molecule has 0 aliphatic carbocycles. The number of rotatable bonds is 8. The number of nitrogens with one attached hydrogen (secondary N) is 1. The molecule has 1 aromatic carbocycles. The van der Waals surface area contributed by atoms with Gasteiger partial charge in [-0.15, -0.1) is 4.72 Å². The largest absolute Gasteiger partial charge is 0.598 e. The molecule has 0 saturated carbocycles. The summed E-state index contributed by atoms with van der Waals surface area (Å²) in [7, 11) is 0. The predicted octanol–water partition coefficient (Wildman–Crippen LogP) is 4.96. The summed E-state index contributed by atoms with van der Waals surface area (Å²) in [6.45, 7) is 16.0. The number of hydrogen-bond acceptors (Lipinski definition) is 4. The highest BCUT2D eigenvalue weighted by atomic mass is 32.2. The molecule has 1 N–H and O–H groups in total. The Morgan fingerprint density at radius 1 is 1.12 bits per heavy atom. The zero-order chi connectivity index (χ0) is 20.1. The average molecular weight is 382 g/mol. The van der Waals surface area contributed by atoms with E-state index in [0.717, 1.165) is 18.4 Å². The molecule has 4 nitrogen and oxygen atoms in total. The fourth-order valence-corrected chi connectivity index (χ4v) is 3.38. The van der Waals surface area contributed by atoms with Crippen LogP contribution in [0.4, 0.5) is 0 Å². The molecule has 0 fully saturated rings. The van der Waals surface area contributed by atoms with E-state index in [1.54, 1.807) is 12.1 Å². The minimum absolute atomic E-state index is 0.144. The average Bonchev–Trinajstić information content (AvgIpc) is 2.51. The summed E-state index contributed by atoms with van der Waals surface area (Å²) in [4.78, 5) is 12.1. The van der Waals surface area contributed by atoms with Crippen LogP contribution in [0.2, 0.25) is 0 Å². The van der Waals surface area contributed by atoms with E-state index in [0.29, 0.717) is 11.5 Å². The van der Waals surface area contributed by atoms with Crippen LogP contribution in [0.1, 0.15) is 84.2 Å². The molecule has 0 spiro atoms. The SMILES string of the molecule is CC(C)CC[C@@](C)(N[S+]([O-])C(C)(C)C)c1ccc(C(=O)OC(C)C)cc1. The summed E-state index contributed by atoms with van der Waals surface area (Å²) < 4.78 is 21.0. The molecule has 1 rings (SSSR count). The van der Waals surface area contributed by atoms with Crippen molar-refractivity contribution in [3.63, 3.8) is 0 Å². The molecule has 0 saturated heterocycles. The zero-order valence-electron chi connectivity index (χ0n) is 17.5. The lowest BCUT2D eigenvalue weighted by molar-refractivity contribution is 0.0378. The summed E-state index contributed by atoms with van der Waals surface area (Å²) in [5.74, 6) is 0.237. The number of carbonyl (C=O) groups excluding carboxylic acids is 1. The van der Waals surface area contributed by atoms with Crippen LogP contribution in [0.5, 0.6) is 0 Å². The molecule has 0 aromatic heterocycles. The van der Waals surface area contributed by atoms with Crippen LogP contribution in [-0.4, -0.2) is 21.4 Å². The Bertz CT molecular complexity index is 578. The van der Waals surface area contributed by atoms with Crippen molar-refractivity contribution in [2.24, 2.45) is 5.92 Å². The summed E-state index contributed by atoms with van der Waals surface area (Å²) in [6.07, 6.45) is 1.74. The van der Waals surface area contributed by atoms with E-state index in [1.165, 1.54) is 0 Å². The van der Waals surface area contributed by atoms with E-state index in [4.69, 9.17) is 4.74 Å². The van der Waals surface area contributed by atoms with Crippen molar-refractivity contribution in [3.8, 4) is 0 Å². The maximum Gasteiger partial charge on any atom is 0.338 e. The predicted molar refractivity (Wildman–Crippen MR) is 109 cm³/mol. The van der Waals surface area contributed by atoms with Crippen molar-refractivity contribution in [2.45, 2.75) is 84.6 Å². The Kier molecular flexibility index (Phi) is 8.18. The fourth-order valence-electron chi connectivity index (χ4n) is 2.45. The second kappa shape index (κ2) is 9.25. The summed E-state index contributed by atoms with van der Waals surface area (Å²) >= 11 is -1.19. The van der Waals surface area contributed by atoms with E-state index < -0.39 is 16.9 Å². The molecule has 0 heterocycles. The van der Waals surface area contributed by atoms with Crippen LogP contribution in [0.25, 0.3) is 0 Å². The number of carbonyl (C=O) groups is 1. The molecule has 0 aliphatic rings. The first-order chi connectivity index (χ1) is 11.8. The van der Waals surface area contributed by atoms with Gasteiger partial charge in [0.1, 0.15) is 4.75 Å². The van der Waals surface area contributed by atoms with Gasteiger partial charge in [-0.25, -0.2) is 4.79 Å². The molecule has 1 unspecified atom stereocenters. The smallest absolute Gasteiger partial charge is 0.338 e. The Hall–Kier alpha value is -1.04. The maximum atomic E-state index is 12.7. The second-order valence-electron chi connectivity index (χ2n) is 8.78. The first-order valence-electron chi connectivity index (χ1n) is 9.36. The molecule has 148 valence electrons. The lowest BCUT2D eigenvalue weighted by atomic mass is 9.86. The highest BCUT2D eigenvalue weighted by Crippen LogP contribution is 2.31. The van der Waals surface area contributed by atoms with Crippen LogP contribution < -0.4 is 4.72 Å². The van der Waals surface area contributed by atoms with Gasteiger partial charge in [0.25, 0.3) is 0 Å². The van der Waals surface area contributed by atoms with Gasteiger partial charge in [-0.1, -0.05) is 26.0 Å². The molecule has 0 amide bonds. The van der Waals surface area contributed by atoms with E-state index in [9.17, 15) is 9.35 Å². The van der Waals surface area contributed by atoms with Crippen LogP contribution in [0.15, 0.2) is 24.3 Å². The number of ether oxygens (including phenoxy) is 1. The quantitative estimate of drug-likeness (QED) is 0.511. The first-order valence-corrected chi connectivity index (χ1v) is 10.5. The highest BCUT2D eigenvalue weighted by molar-refractivity contribution is 7.90. The minimum Gasteiger partial charge on any atom is -0.598 e. The Morgan fingerprint density at radius 2 is 1.65 bits per heavy atom. The fraction of sp³-hybridized carbons (Fsp3) is 0.667. The second-order valence-corrected chi connectivity index (χ2v) is 10.7. The maximum absolute atomic E-state index is 12.7. The van der Waals surface area contributed by atoms with E-state index in [2.05, 4.69) is 25.5 Å². The normalized spacial score (nSPS) is 15.8. The third-order valence-corrected chi connectivity index (χ3v) is 5.94. The van der Waals surface area contributed by atoms with Gasteiger partial charge >= 0.3 is 5.97 Å².